The van der Waals surface area contributed by atoms with Crippen molar-refractivity contribution in [1.82, 2.24) is 15.5 Å². The first kappa shape index (κ1) is 16.7. The Morgan fingerprint density at radius 3 is 2.70 bits per heavy atom. The van der Waals surface area contributed by atoms with Crippen LogP contribution in [0.4, 0.5) is 0 Å². The van der Waals surface area contributed by atoms with E-state index in [1.165, 1.54) is 0 Å². The van der Waals surface area contributed by atoms with Gasteiger partial charge in [-0.2, -0.15) is 0 Å². The standard InChI is InChI=1S/C16H27N3O4/c1-23-16(5-8-17-9-6-16)14(22)19-10-3-12(20)15(11-19)4-2-7-18-13(15)21/h12,17,20H,2-11H2,1H3,(H,18,21)/t12-,15-/m1/s1. The Morgan fingerprint density at radius 1 is 1.30 bits per heavy atom. The molecule has 0 aromatic heterocycles. The lowest BCUT2D eigenvalue weighted by Crippen LogP contribution is -2.65. The fourth-order valence-electron chi connectivity index (χ4n) is 4.24. The van der Waals surface area contributed by atoms with Crippen molar-refractivity contribution in [3.63, 3.8) is 0 Å². The number of piperidine rings is 3. The lowest BCUT2D eigenvalue weighted by Gasteiger charge is -2.49. The number of rotatable bonds is 2. The molecule has 0 aromatic carbocycles. The van der Waals surface area contributed by atoms with Crippen LogP contribution in [0.1, 0.15) is 32.1 Å². The summed E-state index contributed by atoms with van der Waals surface area (Å²) in [6, 6.07) is 0. The normalized spacial score (nSPS) is 34.3. The molecule has 2 amide bonds. The van der Waals surface area contributed by atoms with Crippen LogP contribution in [0, 0.1) is 5.41 Å². The van der Waals surface area contributed by atoms with Gasteiger partial charge >= 0.3 is 0 Å². The van der Waals surface area contributed by atoms with Crippen LogP contribution in [0.25, 0.3) is 0 Å². The number of nitrogens with one attached hydrogen (secondary N) is 2. The van der Waals surface area contributed by atoms with E-state index in [1.54, 1.807) is 12.0 Å². The fraction of sp³-hybridized carbons (Fsp3) is 0.875. The van der Waals surface area contributed by atoms with Gasteiger partial charge in [0.25, 0.3) is 5.91 Å². The van der Waals surface area contributed by atoms with Crippen LogP contribution < -0.4 is 10.6 Å². The Bertz CT molecular complexity index is 478. The molecule has 7 nitrogen and oxygen atoms in total. The van der Waals surface area contributed by atoms with Crippen molar-refractivity contribution in [2.45, 2.75) is 43.8 Å². The molecule has 0 radical (unpaired) electrons. The zero-order valence-corrected chi connectivity index (χ0v) is 13.8. The average molecular weight is 325 g/mol. The Kier molecular flexibility index (Phi) is 4.62. The molecule has 3 rings (SSSR count). The number of carbonyl (C=O) groups is 2. The first-order chi connectivity index (χ1) is 11.0. The van der Waals surface area contributed by atoms with Crippen LogP contribution in [0.15, 0.2) is 0 Å². The predicted molar refractivity (Wildman–Crippen MR) is 83.7 cm³/mol. The molecular weight excluding hydrogens is 298 g/mol. The minimum atomic E-state index is -0.853. The SMILES string of the molecule is COC1(C(=O)N2CC[C@@H](O)[C@@]3(CCCNC3=O)C2)CCNCC1. The monoisotopic (exact) mass is 325 g/mol. The molecule has 3 aliphatic heterocycles. The third-order valence-electron chi connectivity index (χ3n) is 5.80. The summed E-state index contributed by atoms with van der Waals surface area (Å²) in [6.07, 6.45) is 2.51. The van der Waals surface area contributed by atoms with Gasteiger partial charge in [0.2, 0.25) is 5.91 Å². The molecule has 0 aliphatic carbocycles. The number of likely N-dealkylation sites (tertiary alicyclic amines) is 1. The van der Waals surface area contributed by atoms with Crippen molar-refractivity contribution in [1.29, 1.82) is 0 Å². The van der Waals surface area contributed by atoms with Crippen molar-refractivity contribution in [3.8, 4) is 0 Å². The summed E-state index contributed by atoms with van der Waals surface area (Å²) >= 11 is 0. The fourth-order valence-corrected chi connectivity index (χ4v) is 4.24. The molecule has 130 valence electrons. The summed E-state index contributed by atoms with van der Waals surface area (Å²) in [5.74, 6) is -0.156. The smallest absolute Gasteiger partial charge is 0.254 e. The lowest BCUT2D eigenvalue weighted by atomic mass is 9.71. The minimum Gasteiger partial charge on any atom is -0.392 e. The maximum absolute atomic E-state index is 13.1. The number of methoxy groups -OCH3 is 1. The number of hydrogen-bond donors (Lipinski definition) is 3. The average Bonchev–Trinajstić information content (AvgIpc) is 2.59. The summed E-state index contributed by atoms with van der Waals surface area (Å²) in [6.45, 7) is 2.92. The number of aliphatic hydroxyl groups is 1. The molecule has 23 heavy (non-hydrogen) atoms. The van der Waals surface area contributed by atoms with Gasteiger partial charge in [0.1, 0.15) is 5.60 Å². The summed E-state index contributed by atoms with van der Waals surface area (Å²) in [7, 11) is 1.59. The van der Waals surface area contributed by atoms with Gasteiger partial charge in [0, 0.05) is 26.7 Å². The van der Waals surface area contributed by atoms with Gasteiger partial charge in [-0.25, -0.2) is 0 Å². The molecule has 7 heteroatoms. The molecule has 0 aromatic rings. The lowest BCUT2D eigenvalue weighted by molar-refractivity contribution is -0.170. The topological polar surface area (TPSA) is 90.9 Å². The molecule has 3 N–H and O–H groups in total. The summed E-state index contributed by atoms with van der Waals surface area (Å²) in [4.78, 5) is 27.3. The highest BCUT2D eigenvalue weighted by atomic mass is 16.5. The summed E-state index contributed by atoms with van der Waals surface area (Å²) in [5.41, 5.74) is -1.64. The van der Waals surface area contributed by atoms with Gasteiger partial charge in [-0.15, -0.1) is 0 Å². The van der Waals surface area contributed by atoms with E-state index in [9.17, 15) is 14.7 Å². The number of aliphatic hydroxyl groups excluding tert-OH is 1. The van der Waals surface area contributed by atoms with E-state index >= 15 is 0 Å². The van der Waals surface area contributed by atoms with Gasteiger partial charge in [0.15, 0.2) is 0 Å². The highest BCUT2D eigenvalue weighted by molar-refractivity contribution is 5.88. The zero-order chi connectivity index (χ0) is 16.5. The van der Waals surface area contributed by atoms with Gasteiger partial charge < -0.3 is 25.4 Å². The van der Waals surface area contributed by atoms with Crippen molar-refractivity contribution in [2.24, 2.45) is 5.41 Å². The number of nitrogens with zero attached hydrogens (tertiary/aromatic N) is 1. The Hall–Kier alpha value is -1.18. The molecule has 3 heterocycles. The van der Waals surface area contributed by atoms with E-state index in [2.05, 4.69) is 10.6 Å². The van der Waals surface area contributed by atoms with Gasteiger partial charge in [0.05, 0.1) is 11.5 Å². The van der Waals surface area contributed by atoms with Crippen LogP contribution in [-0.2, 0) is 14.3 Å². The second-order valence-electron chi connectivity index (χ2n) is 7.00. The number of amides is 2. The number of carbonyl (C=O) groups excluding carboxylic acids is 2. The predicted octanol–water partition coefficient (Wildman–Crippen LogP) is -0.755. The quantitative estimate of drug-likeness (QED) is 0.621. The van der Waals surface area contributed by atoms with E-state index in [-0.39, 0.29) is 18.4 Å². The molecule has 0 bridgehead atoms. The molecule has 3 saturated heterocycles. The highest BCUT2D eigenvalue weighted by Gasteiger charge is 2.53. The third kappa shape index (κ3) is 2.75. The Balaban J connectivity index is 1.80. The first-order valence-corrected chi connectivity index (χ1v) is 8.56. The molecular formula is C16H27N3O4. The Morgan fingerprint density at radius 2 is 2.04 bits per heavy atom. The summed E-state index contributed by atoms with van der Waals surface area (Å²) < 4.78 is 5.63. The Labute approximate surface area is 136 Å². The van der Waals surface area contributed by atoms with Crippen molar-refractivity contribution in [2.75, 3.05) is 39.8 Å². The van der Waals surface area contributed by atoms with E-state index in [0.29, 0.717) is 38.8 Å². The van der Waals surface area contributed by atoms with Gasteiger partial charge in [-0.05, 0) is 45.2 Å². The van der Waals surface area contributed by atoms with E-state index < -0.39 is 17.1 Å². The zero-order valence-electron chi connectivity index (χ0n) is 13.8. The number of ether oxygens (including phenoxy) is 1. The first-order valence-electron chi connectivity index (χ1n) is 8.56. The van der Waals surface area contributed by atoms with Crippen molar-refractivity contribution >= 4 is 11.8 Å². The van der Waals surface area contributed by atoms with Crippen molar-refractivity contribution in [3.05, 3.63) is 0 Å². The summed E-state index contributed by atoms with van der Waals surface area (Å²) in [5, 5.41) is 16.6. The van der Waals surface area contributed by atoms with Crippen LogP contribution >= 0.6 is 0 Å². The van der Waals surface area contributed by atoms with Gasteiger partial charge in [-0.1, -0.05) is 0 Å². The minimum absolute atomic E-state index is 0.0360. The van der Waals surface area contributed by atoms with E-state index in [0.717, 1.165) is 19.5 Å². The molecule has 0 unspecified atom stereocenters. The van der Waals surface area contributed by atoms with Crippen LogP contribution in [0.5, 0.6) is 0 Å². The largest absolute Gasteiger partial charge is 0.392 e. The second-order valence-corrected chi connectivity index (χ2v) is 7.00. The van der Waals surface area contributed by atoms with E-state index in [4.69, 9.17) is 4.74 Å². The van der Waals surface area contributed by atoms with Crippen LogP contribution in [0.2, 0.25) is 0 Å². The number of hydrogen-bond acceptors (Lipinski definition) is 5. The molecule has 3 fully saturated rings. The molecule has 1 spiro atoms. The van der Waals surface area contributed by atoms with Crippen LogP contribution in [0.3, 0.4) is 0 Å². The van der Waals surface area contributed by atoms with E-state index in [1.807, 2.05) is 0 Å². The van der Waals surface area contributed by atoms with Crippen LogP contribution in [-0.4, -0.2) is 73.4 Å². The third-order valence-corrected chi connectivity index (χ3v) is 5.80. The maximum atomic E-state index is 13.1. The van der Waals surface area contributed by atoms with Gasteiger partial charge in [-0.3, -0.25) is 9.59 Å². The highest BCUT2D eigenvalue weighted by Crippen LogP contribution is 2.38. The maximum Gasteiger partial charge on any atom is 0.254 e. The molecule has 0 saturated carbocycles. The second kappa shape index (κ2) is 6.37. The molecule has 3 aliphatic rings. The van der Waals surface area contributed by atoms with Crippen molar-refractivity contribution < 1.29 is 19.4 Å². The molecule has 2 atom stereocenters.